The van der Waals surface area contributed by atoms with Crippen LogP contribution in [0.5, 0.6) is 0 Å². The predicted molar refractivity (Wildman–Crippen MR) is 112 cm³/mol. The van der Waals surface area contributed by atoms with Crippen molar-refractivity contribution in [3.63, 3.8) is 0 Å². The minimum absolute atomic E-state index is 0.663. The molecule has 148 valence electrons. The molecule has 0 saturated heterocycles. The maximum absolute atomic E-state index is 5.50. The summed E-state index contributed by atoms with van der Waals surface area (Å²) in [5.41, 5.74) is 4.46. The van der Waals surface area contributed by atoms with Crippen molar-refractivity contribution in [2.24, 2.45) is 0 Å². The molecule has 0 atom stereocenters. The summed E-state index contributed by atoms with van der Waals surface area (Å²) < 4.78 is 21.8. The van der Waals surface area contributed by atoms with Crippen LogP contribution < -0.4 is 10.4 Å². The summed E-state index contributed by atoms with van der Waals surface area (Å²) >= 11 is 0. The summed E-state index contributed by atoms with van der Waals surface area (Å²) in [6.45, 7) is 4.06. The van der Waals surface area contributed by atoms with Gasteiger partial charge in [0.25, 0.3) is 0 Å². The summed E-state index contributed by atoms with van der Waals surface area (Å²) in [6.07, 6.45) is 4.11. The quantitative estimate of drug-likeness (QED) is 0.764. The maximum Gasteiger partial charge on any atom is 0.218 e. The Morgan fingerprint density at radius 3 is 1.93 bits per heavy atom. The lowest BCUT2D eigenvalue weighted by Gasteiger charge is -2.29. The van der Waals surface area contributed by atoms with Gasteiger partial charge in [0.1, 0.15) is 0 Å². The van der Waals surface area contributed by atoms with E-state index in [2.05, 4.69) is 24.3 Å². The third-order valence-corrected chi connectivity index (χ3v) is 5.62. The van der Waals surface area contributed by atoms with Gasteiger partial charge >= 0.3 is 0 Å². The first-order valence-corrected chi connectivity index (χ1v) is 9.26. The van der Waals surface area contributed by atoms with E-state index >= 15 is 0 Å². The van der Waals surface area contributed by atoms with Crippen molar-refractivity contribution in [1.82, 2.24) is 0 Å². The van der Waals surface area contributed by atoms with E-state index in [1.54, 1.807) is 28.4 Å². The molecule has 0 unspecified atom stereocenters. The number of hydrogen-bond donors (Lipinski definition) is 0. The summed E-state index contributed by atoms with van der Waals surface area (Å²) in [5.74, 6) is -1.33. The van der Waals surface area contributed by atoms with Gasteiger partial charge in [0.05, 0.1) is 0 Å². The van der Waals surface area contributed by atoms with Crippen LogP contribution in [0, 0.1) is 0 Å². The zero-order chi connectivity index (χ0) is 20.4. The van der Waals surface area contributed by atoms with Gasteiger partial charge in [0, 0.05) is 34.0 Å². The maximum atomic E-state index is 5.50. The monoisotopic (exact) mass is 380 g/mol. The van der Waals surface area contributed by atoms with E-state index in [-0.39, 0.29) is 0 Å². The van der Waals surface area contributed by atoms with Crippen molar-refractivity contribution in [2.75, 3.05) is 28.4 Å². The molecule has 4 nitrogen and oxygen atoms in total. The molecule has 2 aliphatic carbocycles. The van der Waals surface area contributed by atoms with Gasteiger partial charge in [-0.15, -0.1) is 0 Å². The number of hydrogen-bond acceptors (Lipinski definition) is 4. The highest BCUT2D eigenvalue weighted by atomic mass is 16.7. The molecule has 0 heterocycles. The largest absolute Gasteiger partial charge is 0.346 e. The topological polar surface area (TPSA) is 36.9 Å². The molecule has 28 heavy (non-hydrogen) atoms. The molecule has 4 rings (SSSR count). The summed E-state index contributed by atoms with van der Waals surface area (Å²) in [4.78, 5) is 0. The normalized spacial score (nSPS) is 17.8. The van der Waals surface area contributed by atoms with E-state index in [1.807, 2.05) is 50.3 Å². The van der Waals surface area contributed by atoms with Crippen molar-refractivity contribution >= 4 is 17.7 Å². The van der Waals surface area contributed by atoms with Crippen molar-refractivity contribution in [2.45, 2.75) is 25.4 Å². The SMILES string of the molecule is COC1(OC)C(C)=Cc2ccccc21.COC1(OC)C=c2ccccc2=C1C. The first kappa shape index (κ1) is 20.5. The molecule has 4 heteroatoms. The van der Waals surface area contributed by atoms with E-state index in [4.69, 9.17) is 18.9 Å². The Kier molecular flexibility index (Phi) is 5.87. The van der Waals surface area contributed by atoms with Crippen LogP contribution in [0.25, 0.3) is 17.7 Å². The molecule has 0 radical (unpaired) electrons. The van der Waals surface area contributed by atoms with Gasteiger partial charge in [-0.1, -0.05) is 48.5 Å². The van der Waals surface area contributed by atoms with E-state index in [9.17, 15) is 0 Å². The van der Waals surface area contributed by atoms with Crippen molar-refractivity contribution in [3.8, 4) is 0 Å². The Morgan fingerprint density at radius 1 is 0.714 bits per heavy atom. The van der Waals surface area contributed by atoms with Gasteiger partial charge < -0.3 is 18.9 Å². The summed E-state index contributed by atoms with van der Waals surface area (Å²) in [6, 6.07) is 16.3. The zero-order valence-corrected chi connectivity index (χ0v) is 17.4. The van der Waals surface area contributed by atoms with Crippen LogP contribution in [0.3, 0.4) is 0 Å². The molecule has 0 saturated carbocycles. The molecule has 0 spiro atoms. The lowest BCUT2D eigenvalue weighted by Crippen LogP contribution is -2.30. The van der Waals surface area contributed by atoms with Gasteiger partial charge in [-0.25, -0.2) is 0 Å². The smallest absolute Gasteiger partial charge is 0.218 e. The van der Waals surface area contributed by atoms with Crippen LogP contribution in [0.2, 0.25) is 0 Å². The van der Waals surface area contributed by atoms with Crippen molar-refractivity contribution in [3.05, 3.63) is 75.7 Å². The van der Waals surface area contributed by atoms with Crippen LogP contribution in [-0.2, 0) is 24.7 Å². The Bertz CT molecular complexity index is 995. The van der Waals surface area contributed by atoms with Crippen LogP contribution in [0.15, 0.2) is 54.1 Å². The van der Waals surface area contributed by atoms with Crippen LogP contribution >= 0.6 is 0 Å². The Morgan fingerprint density at radius 2 is 1.32 bits per heavy atom. The highest BCUT2D eigenvalue weighted by Gasteiger charge is 2.39. The van der Waals surface area contributed by atoms with Crippen LogP contribution in [-0.4, -0.2) is 34.2 Å². The molecule has 0 aliphatic heterocycles. The van der Waals surface area contributed by atoms with Gasteiger partial charge in [-0.2, -0.15) is 0 Å². The minimum Gasteiger partial charge on any atom is -0.346 e. The Hall–Kier alpha value is -2.24. The Balaban J connectivity index is 0.000000161. The number of benzene rings is 2. The molecule has 0 fully saturated rings. The molecular formula is C24H28O4. The highest BCUT2D eigenvalue weighted by Crippen LogP contribution is 2.42. The second kappa shape index (κ2) is 8.02. The number of methoxy groups -OCH3 is 4. The molecule has 0 aromatic heterocycles. The zero-order valence-electron chi connectivity index (χ0n) is 17.4. The fourth-order valence-electron chi connectivity index (χ4n) is 4.06. The Labute approximate surface area is 166 Å². The summed E-state index contributed by atoms with van der Waals surface area (Å²) in [7, 11) is 6.66. The molecule has 2 aliphatic rings. The van der Waals surface area contributed by atoms with Crippen LogP contribution in [0.1, 0.15) is 25.0 Å². The van der Waals surface area contributed by atoms with Gasteiger partial charge in [-0.05, 0) is 53.1 Å². The number of rotatable bonds is 4. The van der Waals surface area contributed by atoms with E-state index in [0.717, 1.165) is 16.7 Å². The van der Waals surface area contributed by atoms with Crippen molar-refractivity contribution in [1.29, 1.82) is 0 Å². The second-order valence-corrected chi connectivity index (χ2v) is 6.87. The first-order chi connectivity index (χ1) is 13.5. The molecule has 2 aromatic carbocycles. The third kappa shape index (κ3) is 3.12. The van der Waals surface area contributed by atoms with Gasteiger partial charge in [-0.3, -0.25) is 0 Å². The highest BCUT2D eigenvalue weighted by molar-refractivity contribution is 5.68. The minimum atomic E-state index is -0.670. The second-order valence-electron chi connectivity index (χ2n) is 6.87. The fourth-order valence-corrected chi connectivity index (χ4v) is 4.06. The van der Waals surface area contributed by atoms with Gasteiger partial charge in [0.15, 0.2) is 0 Å². The molecule has 0 amide bonds. The standard InChI is InChI=1S/2C12H14O2/c1-9-11-7-5-4-6-10(11)8-12(9,13-2)14-3;1-9-8-10-6-4-5-7-11(10)12(9,13-2)14-3/h2*4-8H,1-3H3. The molecule has 0 N–H and O–H groups in total. The van der Waals surface area contributed by atoms with E-state index in [0.29, 0.717) is 0 Å². The van der Waals surface area contributed by atoms with E-state index < -0.39 is 11.6 Å². The predicted octanol–water partition coefficient (Wildman–Crippen LogP) is 3.19. The average molecular weight is 380 g/mol. The lowest BCUT2D eigenvalue weighted by atomic mass is 10.0. The van der Waals surface area contributed by atoms with E-state index in [1.165, 1.54) is 16.0 Å². The first-order valence-electron chi connectivity index (χ1n) is 9.26. The van der Waals surface area contributed by atoms with Crippen molar-refractivity contribution < 1.29 is 18.9 Å². The molecule has 2 aromatic rings. The number of ether oxygens (including phenoxy) is 4. The lowest BCUT2D eigenvalue weighted by molar-refractivity contribution is -0.184. The summed E-state index contributed by atoms with van der Waals surface area (Å²) in [5, 5.41) is 2.38. The average Bonchev–Trinajstić information content (AvgIpc) is 3.20. The van der Waals surface area contributed by atoms with Crippen LogP contribution in [0.4, 0.5) is 0 Å². The molecule has 0 bridgehead atoms. The third-order valence-electron chi connectivity index (χ3n) is 5.62. The number of fused-ring (bicyclic) bond motifs is 2. The molecular weight excluding hydrogens is 352 g/mol. The fraction of sp³-hybridized carbons (Fsp3) is 0.333. The van der Waals surface area contributed by atoms with Gasteiger partial charge in [0.2, 0.25) is 11.6 Å².